The van der Waals surface area contributed by atoms with E-state index >= 15 is 0 Å². The minimum Gasteiger partial charge on any atom is -0.375 e. The number of piperidine rings is 1. The highest BCUT2D eigenvalue weighted by molar-refractivity contribution is 6.05. The maximum Gasteiger partial charge on any atom is 0.276 e. The van der Waals surface area contributed by atoms with Gasteiger partial charge in [0.1, 0.15) is 11.3 Å². The number of nitrogens with one attached hydrogen (secondary N) is 1. The van der Waals surface area contributed by atoms with Crippen LogP contribution >= 0.6 is 0 Å². The molecule has 11 nitrogen and oxygen atoms in total. The number of anilines is 4. The third-order valence-electron chi connectivity index (χ3n) is 8.95. The normalized spacial score (nSPS) is 24.0. The van der Waals surface area contributed by atoms with Gasteiger partial charge >= 0.3 is 0 Å². The lowest BCUT2D eigenvalue weighted by atomic mass is 10.0. The molecule has 4 bridgehead atoms. The molecule has 1 N–H and O–H groups in total. The van der Waals surface area contributed by atoms with Gasteiger partial charge in [-0.3, -0.25) is 19.1 Å². The number of aryl methyl sites for hydroxylation is 1. The number of carbonyl (C=O) groups is 1. The predicted octanol–water partition coefficient (Wildman–Crippen LogP) is 3.40. The number of carbonyl (C=O) groups excluding carboxylic acids is 1. The number of para-hydroxylation sites is 1. The standard InChI is InChI=1S/C32H39N7O4/c1-3-28(40)38-13-12-37(26-8-4-6-21(2)29(26)38)27-16-22-17-33-32-34-18-25(20-43-24-9-10-24)42-15-14-36-11-5-7-23(19-36)39(31(27)41)30(22)35-32/h3-4,6,8,16-17,23-25H,1,5,7,9-15,18-20H2,2H3,(H,33,34,35). The van der Waals surface area contributed by atoms with E-state index in [1.165, 1.54) is 6.08 Å². The summed E-state index contributed by atoms with van der Waals surface area (Å²) in [6, 6.07) is 7.80. The van der Waals surface area contributed by atoms with Crippen molar-refractivity contribution in [1.29, 1.82) is 0 Å². The maximum absolute atomic E-state index is 14.6. The first kappa shape index (κ1) is 28.0. The Morgan fingerprint density at radius 2 is 2.07 bits per heavy atom. The van der Waals surface area contributed by atoms with Gasteiger partial charge in [0, 0.05) is 44.3 Å². The van der Waals surface area contributed by atoms with Gasteiger partial charge in [-0.2, -0.15) is 4.98 Å². The van der Waals surface area contributed by atoms with Gasteiger partial charge in [0.05, 0.1) is 42.8 Å². The summed E-state index contributed by atoms with van der Waals surface area (Å²) >= 11 is 0. The molecule has 7 rings (SSSR count). The Kier molecular flexibility index (Phi) is 7.62. The van der Waals surface area contributed by atoms with Gasteiger partial charge in [-0.05, 0) is 62.9 Å². The third kappa shape index (κ3) is 5.52. The van der Waals surface area contributed by atoms with Crippen LogP contribution in [0.3, 0.4) is 0 Å². The Hall–Kier alpha value is -3.80. The zero-order valence-electron chi connectivity index (χ0n) is 24.7. The molecule has 5 heterocycles. The smallest absolute Gasteiger partial charge is 0.276 e. The van der Waals surface area contributed by atoms with E-state index in [0.29, 0.717) is 56.2 Å². The first-order chi connectivity index (χ1) is 21.0. The molecule has 4 aliphatic rings. The molecule has 2 aromatic heterocycles. The van der Waals surface area contributed by atoms with Crippen molar-refractivity contribution >= 4 is 40.0 Å². The van der Waals surface area contributed by atoms with Crippen LogP contribution in [0.25, 0.3) is 11.0 Å². The van der Waals surface area contributed by atoms with Crippen LogP contribution in [0, 0.1) is 6.92 Å². The fraction of sp³-hybridized carbons (Fsp3) is 0.500. The first-order valence-corrected chi connectivity index (χ1v) is 15.4. The number of hydrogen-bond donors (Lipinski definition) is 1. The Labute approximate surface area is 251 Å². The van der Waals surface area contributed by atoms with Crippen LogP contribution in [0.4, 0.5) is 23.0 Å². The second kappa shape index (κ2) is 11.7. The second-order valence-corrected chi connectivity index (χ2v) is 12.0. The van der Waals surface area contributed by atoms with E-state index in [9.17, 15) is 9.59 Å². The SMILES string of the molecule is C=CC(=O)N1CCN(c2cc3cnc4nc3n(c2=O)C2CCCN(CCOC(COC3CC3)CN4)C2)c2cccc(C)c21. The summed E-state index contributed by atoms with van der Waals surface area (Å²) in [6.07, 6.45) is 7.51. The molecular weight excluding hydrogens is 546 g/mol. The molecule has 1 saturated heterocycles. The summed E-state index contributed by atoms with van der Waals surface area (Å²) in [5, 5.41) is 4.15. The van der Waals surface area contributed by atoms with Crippen molar-refractivity contribution in [3.8, 4) is 0 Å². The van der Waals surface area contributed by atoms with Crippen molar-refractivity contribution in [2.75, 3.05) is 67.6 Å². The van der Waals surface area contributed by atoms with E-state index < -0.39 is 0 Å². The molecule has 3 atom stereocenters. The van der Waals surface area contributed by atoms with Gasteiger partial charge in [-0.15, -0.1) is 0 Å². The number of nitrogens with zero attached hydrogens (tertiary/aromatic N) is 6. The number of aromatic nitrogens is 3. The zero-order chi connectivity index (χ0) is 29.5. The number of hydrogen-bond acceptors (Lipinski definition) is 9. The van der Waals surface area contributed by atoms with Crippen molar-refractivity contribution in [2.45, 2.75) is 50.9 Å². The molecule has 1 amide bonds. The molecule has 11 heteroatoms. The highest BCUT2D eigenvalue weighted by atomic mass is 16.5. The van der Waals surface area contributed by atoms with Crippen molar-refractivity contribution < 1.29 is 14.3 Å². The lowest BCUT2D eigenvalue weighted by Crippen LogP contribution is -2.45. The second-order valence-electron chi connectivity index (χ2n) is 12.0. The minimum atomic E-state index is -0.149. The Morgan fingerprint density at radius 1 is 1.19 bits per heavy atom. The van der Waals surface area contributed by atoms with Crippen molar-refractivity contribution in [3.05, 3.63) is 59.0 Å². The minimum absolute atomic E-state index is 0.0400. The predicted molar refractivity (Wildman–Crippen MR) is 166 cm³/mol. The molecular formula is C32H39N7O4. The van der Waals surface area contributed by atoms with Crippen LogP contribution in [0.1, 0.15) is 37.3 Å². The van der Waals surface area contributed by atoms with Crippen LogP contribution in [0.5, 0.6) is 0 Å². The van der Waals surface area contributed by atoms with E-state index in [4.69, 9.17) is 14.5 Å². The molecule has 1 aliphatic carbocycles. The largest absolute Gasteiger partial charge is 0.375 e. The molecule has 3 aliphatic heterocycles. The van der Waals surface area contributed by atoms with Crippen LogP contribution < -0.4 is 20.7 Å². The van der Waals surface area contributed by atoms with E-state index in [-0.39, 0.29) is 23.6 Å². The number of benzene rings is 1. The average Bonchev–Trinajstić information content (AvgIpc) is 3.85. The Morgan fingerprint density at radius 3 is 2.91 bits per heavy atom. The van der Waals surface area contributed by atoms with Gasteiger partial charge in [0.25, 0.3) is 11.5 Å². The summed E-state index contributed by atoms with van der Waals surface area (Å²) in [5.41, 5.74) is 3.72. The van der Waals surface area contributed by atoms with Crippen LogP contribution in [0.15, 0.2) is 47.9 Å². The summed E-state index contributed by atoms with van der Waals surface area (Å²) < 4.78 is 14.1. The first-order valence-electron chi connectivity index (χ1n) is 15.4. The molecule has 1 saturated carbocycles. The van der Waals surface area contributed by atoms with E-state index in [0.717, 1.165) is 67.6 Å². The van der Waals surface area contributed by atoms with Gasteiger partial charge < -0.3 is 24.6 Å². The van der Waals surface area contributed by atoms with E-state index in [1.54, 1.807) is 11.1 Å². The van der Waals surface area contributed by atoms with Gasteiger partial charge in [-0.25, -0.2) is 4.98 Å². The topological polar surface area (TPSA) is 105 Å². The fourth-order valence-electron chi connectivity index (χ4n) is 6.59. The molecule has 1 aromatic carbocycles. The lowest BCUT2D eigenvalue weighted by molar-refractivity contribution is -0.114. The highest BCUT2D eigenvalue weighted by Crippen LogP contribution is 2.40. The fourth-order valence-corrected chi connectivity index (χ4v) is 6.59. The van der Waals surface area contributed by atoms with E-state index in [2.05, 4.69) is 21.8 Å². The van der Waals surface area contributed by atoms with Crippen LogP contribution in [-0.2, 0) is 14.3 Å². The molecule has 3 aromatic rings. The summed E-state index contributed by atoms with van der Waals surface area (Å²) in [7, 11) is 0. The third-order valence-corrected chi connectivity index (χ3v) is 8.95. The Bertz CT molecular complexity index is 1600. The molecule has 226 valence electrons. The Balaban J connectivity index is 1.31. The van der Waals surface area contributed by atoms with Crippen LogP contribution in [-0.4, -0.2) is 90.0 Å². The number of pyridine rings is 1. The summed E-state index contributed by atoms with van der Waals surface area (Å²) in [6.45, 7) is 10.8. The quantitative estimate of drug-likeness (QED) is 0.451. The molecule has 0 spiro atoms. The summed E-state index contributed by atoms with van der Waals surface area (Å²) in [5.74, 6) is 0.322. The molecule has 0 radical (unpaired) electrons. The number of ether oxygens (including phenoxy) is 2. The highest BCUT2D eigenvalue weighted by Gasteiger charge is 2.32. The zero-order valence-corrected chi connectivity index (χ0v) is 24.7. The van der Waals surface area contributed by atoms with Crippen molar-refractivity contribution in [1.82, 2.24) is 19.4 Å². The number of fused-ring (bicyclic) bond motifs is 5. The van der Waals surface area contributed by atoms with Gasteiger partial charge in [-0.1, -0.05) is 18.7 Å². The number of rotatable bonds is 5. The maximum atomic E-state index is 14.6. The van der Waals surface area contributed by atoms with Crippen LogP contribution in [0.2, 0.25) is 0 Å². The summed E-state index contributed by atoms with van der Waals surface area (Å²) in [4.78, 5) is 43.1. The van der Waals surface area contributed by atoms with Crippen molar-refractivity contribution in [2.24, 2.45) is 0 Å². The molecule has 3 unspecified atom stereocenters. The monoisotopic (exact) mass is 585 g/mol. The molecule has 43 heavy (non-hydrogen) atoms. The molecule has 2 fully saturated rings. The van der Waals surface area contributed by atoms with E-state index in [1.807, 2.05) is 40.7 Å². The number of amides is 1. The van der Waals surface area contributed by atoms with Gasteiger partial charge in [0.2, 0.25) is 5.95 Å². The average molecular weight is 586 g/mol. The van der Waals surface area contributed by atoms with Crippen molar-refractivity contribution in [3.63, 3.8) is 0 Å². The lowest BCUT2D eigenvalue weighted by Gasteiger charge is -2.39. The van der Waals surface area contributed by atoms with Gasteiger partial charge in [0.15, 0.2) is 0 Å².